The maximum absolute atomic E-state index is 13.2. The zero-order valence-electron chi connectivity index (χ0n) is 8.47. The second-order valence-electron chi connectivity index (χ2n) is 3.36. The van der Waals surface area contributed by atoms with Gasteiger partial charge in [-0.25, -0.2) is 8.78 Å². The molecule has 0 saturated heterocycles. The van der Waals surface area contributed by atoms with E-state index in [0.717, 1.165) is 12.1 Å². The summed E-state index contributed by atoms with van der Waals surface area (Å²) in [6, 6.07) is 2.48. The van der Waals surface area contributed by atoms with Gasteiger partial charge >= 0.3 is 0 Å². The van der Waals surface area contributed by atoms with Crippen LogP contribution in [0.3, 0.4) is 0 Å². The highest BCUT2D eigenvalue weighted by Crippen LogP contribution is 2.15. The van der Waals surface area contributed by atoms with Crippen molar-refractivity contribution in [2.24, 2.45) is 5.73 Å². The van der Waals surface area contributed by atoms with E-state index >= 15 is 0 Å². The van der Waals surface area contributed by atoms with E-state index < -0.39 is 29.0 Å². The lowest BCUT2D eigenvalue weighted by Crippen LogP contribution is -2.31. The van der Waals surface area contributed by atoms with Gasteiger partial charge in [0.2, 0.25) is 0 Å². The number of carbonyl (C=O) groups excluding carboxylic acids is 1. The van der Waals surface area contributed by atoms with Gasteiger partial charge in [0.25, 0.3) is 0 Å². The summed E-state index contributed by atoms with van der Waals surface area (Å²) in [5, 5.41) is 0. The van der Waals surface area contributed by atoms with Crippen LogP contribution in [0.5, 0.6) is 0 Å². The average Bonchev–Trinajstić information content (AvgIpc) is 2.17. The zero-order valence-corrected chi connectivity index (χ0v) is 8.47. The Hall–Kier alpha value is -1.29. The highest BCUT2D eigenvalue weighted by Gasteiger charge is 2.21. The lowest BCUT2D eigenvalue weighted by Gasteiger charge is -2.10. The molecule has 2 N–H and O–H groups in total. The summed E-state index contributed by atoms with van der Waals surface area (Å²) in [4.78, 5) is 11.6. The van der Waals surface area contributed by atoms with Gasteiger partial charge in [0.1, 0.15) is 11.6 Å². The van der Waals surface area contributed by atoms with E-state index in [4.69, 9.17) is 5.73 Å². The van der Waals surface area contributed by atoms with E-state index in [2.05, 4.69) is 0 Å². The fraction of sp³-hybridized carbons (Fsp3) is 0.364. The minimum atomic E-state index is -0.855. The third-order valence-corrected chi connectivity index (χ3v) is 2.15. The quantitative estimate of drug-likeness (QED) is 0.779. The highest BCUT2D eigenvalue weighted by molar-refractivity contribution is 6.00. The molecule has 0 bridgehead atoms. The molecule has 82 valence electrons. The van der Waals surface area contributed by atoms with Crippen molar-refractivity contribution in [1.29, 1.82) is 0 Å². The molecule has 15 heavy (non-hydrogen) atoms. The highest BCUT2D eigenvalue weighted by atomic mass is 19.1. The summed E-state index contributed by atoms with van der Waals surface area (Å²) >= 11 is 0. The van der Waals surface area contributed by atoms with Gasteiger partial charge < -0.3 is 5.73 Å². The molecule has 0 amide bonds. The second-order valence-corrected chi connectivity index (χ2v) is 3.36. The summed E-state index contributed by atoms with van der Waals surface area (Å²) in [5.74, 6) is -2.38. The maximum Gasteiger partial charge on any atom is 0.185 e. The van der Waals surface area contributed by atoms with Gasteiger partial charge in [0, 0.05) is 0 Å². The molecule has 0 aliphatic carbocycles. The Kier molecular flexibility index (Phi) is 3.91. The standard InChI is InChI=1S/C11H13F2NO/c1-2-4-9(14)11(15)10-7(12)5-3-6-8(10)13/h3,5-6,9H,2,4,14H2,1H3. The van der Waals surface area contributed by atoms with Crippen LogP contribution in [0.1, 0.15) is 30.1 Å². The first-order chi connectivity index (χ1) is 7.07. The topological polar surface area (TPSA) is 43.1 Å². The van der Waals surface area contributed by atoms with Crippen molar-refractivity contribution in [2.75, 3.05) is 0 Å². The van der Waals surface area contributed by atoms with Crippen LogP contribution in [0.4, 0.5) is 8.78 Å². The molecule has 2 nitrogen and oxygen atoms in total. The van der Waals surface area contributed by atoms with Gasteiger partial charge in [0.15, 0.2) is 5.78 Å². The minimum Gasteiger partial charge on any atom is -0.321 e. The van der Waals surface area contributed by atoms with Crippen molar-refractivity contribution < 1.29 is 13.6 Å². The van der Waals surface area contributed by atoms with E-state index in [0.29, 0.717) is 12.8 Å². The molecule has 0 aliphatic heterocycles. The number of rotatable bonds is 4. The Bertz CT molecular complexity index is 345. The van der Waals surface area contributed by atoms with E-state index in [-0.39, 0.29) is 0 Å². The molecular weight excluding hydrogens is 200 g/mol. The smallest absolute Gasteiger partial charge is 0.185 e. The molecule has 0 aliphatic rings. The second kappa shape index (κ2) is 4.98. The molecular formula is C11H13F2NO. The number of carbonyl (C=O) groups is 1. The Labute approximate surface area is 87.1 Å². The van der Waals surface area contributed by atoms with Crippen LogP contribution in [0.25, 0.3) is 0 Å². The van der Waals surface area contributed by atoms with Crippen LogP contribution in [-0.2, 0) is 0 Å². The minimum absolute atomic E-state index is 0.423. The first-order valence-electron chi connectivity index (χ1n) is 4.81. The van der Waals surface area contributed by atoms with Crippen molar-refractivity contribution in [3.05, 3.63) is 35.4 Å². The molecule has 0 radical (unpaired) electrons. The third-order valence-electron chi connectivity index (χ3n) is 2.15. The Balaban J connectivity index is 3.00. The molecule has 1 aromatic rings. The van der Waals surface area contributed by atoms with Crippen LogP contribution in [0, 0.1) is 11.6 Å². The zero-order chi connectivity index (χ0) is 11.4. The third kappa shape index (κ3) is 2.59. The van der Waals surface area contributed by atoms with Crippen LogP contribution in [0.2, 0.25) is 0 Å². The van der Waals surface area contributed by atoms with Crippen molar-refractivity contribution >= 4 is 5.78 Å². The van der Waals surface area contributed by atoms with Crippen molar-refractivity contribution in [3.8, 4) is 0 Å². The summed E-state index contributed by atoms with van der Waals surface area (Å²) < 4.78 is 26.4. The molecule has 0 spiro atoms. The van der Waals surface area contributed by atoms with Gasteiger partial charge in [0.05, 0.1) is 11.6 Å². The van der Waals surface area contributed by atoms with Crippen LogP contribution in [0.15, 0.2) is 18.2 Å². The molecule has 1 rings (SSSR count). The number of hydrogen-bond acceptors (Lipinski definition) is 2. The Morgan fingerprint density at radius 2 is 1.93 bits per heavy atom. The van der Waals surface area contributed by atoms with E-state index in [9.17, 15) is 13.6 Å². The van der Waals surface area contributed by atoms with Crippen LogP contribution in [-0.4, -0.2) is 11.8 Å². The van der Waals surface area contributed by atoms with Crippen molar-refractivity contribution in [2.45, 2.75) is 25.8 Å². The fourth-order valence-electron chi connectivity index (χ4n) is 1.36. The van der Waals surface area contributed by atoms with Crippen LogP contribution >= 0.6 is 0 Å². The maximum atomic E-state index is 13.2. The van der Waals surface area contributed by atoms with E-state index in [1.807, 2.05) is 6.92 Å². The van der Waals surface area contributed by atoms with E-state index in [1.165, 1.54) is 6.07 Å². The summed E-state index contributed by atoms with van der Waals surface area (Å²) in [7, 11) is 0. The molecule has 0 saturated carbocycles. The SMILES string of the molecule is CCCC(N)C(=O)c1c(F)cccc1F. The van der Waals surface area contributed by atoms with Gasteiger partial charge in [-0.1, -0.05) is 19.4 Å². The number of hydrogen-bond donors (Lipinski definition) is 1. The fourth-order valence-corrected chi connectivity index (χ4v) is 1.36. The molecule has 0 heterocycles. The molecule has 1 unspecified atom stereocenters. The monoisotopic (exact) mass is 213 g/mol. The first-order valence-corrected chi connectivity index (χ1v) is 4.81. The number of nitrogens with two attached hydrogens (primary N) is 1. The lowest BCUT2D eigenvalue weighted by atomic mass is 10.0. The molecule has 0 aromatic heterocycles. The summed E-state index contributed by atoms with van der Waals surface area (Å²) in [6.07, 6.45) is 1.12. The van der Waals surface area contributed by atoms with E-state index in [1.54, 1.807) is 0 Å². The summed E-state index contributed by atoms with van der Waals surface area (Å²) in [5.41, 5.74) is 4.99. The molecule has 0 fully saturated rings. The number of halogens is 2. The average molecular weight is 213 g/mol. The molecule has 1 atom stereocenters. The van der Waals surface area contributed by atoms with Gasteiger partial charge in [-0.2, -0.15) is 0 Å². The van der Waals surface area contributed by atoms with Crippen molar-refractivity contribution in [1.82, 2.24) is 0 Å². The number of benzene rings is 1. The molecule has 1 aromatic carbocycles. The predicted molar refractivity (Wildman–Crippen MR) is 53.6 cm³/mol. The van der Waals surface area contributed by atoms with Gasteiger partial charge in [-0.3, -0.25) is 4.79 Å². The van der Waals surface area contributed by atoms with Crippen molar-refractivity contribution in [3.63, 3.8) is 0 Å². The normalized spacial score (nSPS) is 12.5. The van der Waals surface area contributed by atoms with Gasteiger partial charge in [-0.15, -0.1) is 0 Å². The first kappa shape index (κ1) is 11.8. The lowest BCUT2D eigenvalue weighted by molar-refractivity contribution is 0.0948. The summed E-state index contributed by atoms with van der Waals surface area (Å²) in [6.45, 7) is 1.85. The molecule has 4 heteroatoms. The Morgan fingerprint density at radius 3 is 2.40 bits per heavy atom. The number of ketones is 1. The largest absolute Gasteiger partial charge is 0.321 e. The van der Waals surface area contributed by atoms with Gasteiger partial charge in [-0.05, 0) is 18.6 Å². The predicted octanol–water partition coefficient (Wildman–Crippen LogP) is 2.27. The number of Topliss-reactive ketones (excluding diaryl/α,β-unsaturated/α-hetero) is 1. The Morgan fingerprint density at radius 1 is 1.40 bits per heavy atom. The van der Waals surface area contributed by atoms with Crippen LogP contribution < -0.4 is 5.73 Å².